The van der Waals surface area contributed by atoms with Crippen LogP contribution >= 0.6 is 0 Å². The highest BCUT2D eigenvalue weighted by molar-refractivity contribution is 6.05. The molecule has 14 heavy (non-hydrogen) atoms. The maximum atomic E-state index is 13.6. The van der Waals surface area contributed by atoms with Crippen LogP contribution in [0.3, 0.4) is 0 Å². The molecule has 0 spiro atoms. The summed E-state index contributed by atoms with van der Waals surface area (Å²) in [4.78, 5) is 11.7. The average molecular weight is 193 g/mol. The summed E-state index contributed by atoms with van der Waals surface area (Å²) in [6.45, 7) is 3.67. The second-order valence-corrected chi connectivity index (χ2v) is 3.80. The number of halogens is 1. The highest BCUT2D eigenvalue weighted by Crippen LogP contribution is 2.41. The monoisotopic (exact) mass is 193 g/mol. The minimum absolute atomic E-state index is 0.111. The summed E-state index contributed by atoms with van der Waals surface area (Å²) in [6.07, 6.45) is 0.604. The van der Waals surface area contributed by atoms with Crippen LogP contribution in [0.15, 0.2) is 18.2 Å². The summed E-state index contributed by atoms with van der Waals surface area (Å²) in [6, 6.07) is 4.74. The molecule has 1 unspecified atom stereocenters. The molecule has 1 aromatic carbocycles. The smallest absolute Gasteiger partial charge is 0.234 e. The molecule has 1 aliphatic rings. The van der Waals surface area contributed by atoms with E-state index in [1.165, 1.54) is 6.07 Å². The number of amides is 1. The molecule has 1 aliphatic heterocycles. The van der Waals surface area contributed by atoms with E-state index in [-0.39, 0.29) is 11.7 Å². The van der Waals surface area contributed by atoms with Crippen LogP contribution in [0, 0.1) is 5.82 Å². The first-order valence-electron chi connectivity index (χ1n) is 4.70. The summed E-state index contributed by atoms with van der Waals surface area (Å²) in [5.74, 6) is -0.412. The van der Waals surface area contributed by atoms with Crippen molar-refractivity contribution in [3.63, 3.8) is 0 Å². The molecule has 1 atom stereocenters. The second-order valence-electron chi connectivity index (χ2n) is 3.80. The Morgan fingerprint density at radius 2 is 2.21 bits per heavy atom. The minimum atomic E-state index is -0.708. The van der Waals surface area contributed by atoms with E-state index >= 15 is 0 Å². The quantitative estimate of drug-likeness (QED) is 0.729. The third kappa shape index (κ3) is 0.983. The van der Waals surface area contributed by atoms with Crippen molar-refractivity contribution in [2.75, 3.05) is 5.32 Å². The Morgan fingerprint density at radius 3 is 2.86 bits per heavy atom. The summed E-state index contributed by atoms with van der Waals surface area (Å²) in [5.41, 5.74) is 0.410. The van der Waals surface area contributed by atoms with Gasteiger partial charge < -0.3 is 5.32 Å². The summed E-state index contributed by atoms with van der Waals surface area (Å²) >= 11 is 0. The summed E-state index contributed by atoms with van der Waals surface area (Å²) in [5, 5.41) is 2.70. The number of fused-ring (bicyclic) bond motifs is 1. The maximum absolute atomic E-state index is 13.6. The molecular formula is C11H12FNO. The van der Waals surface area contributed by atoms with Crippen molar-refractivity contribution in [2.24, 2.45) is 0 Å². The number of carbonyl (C=O) groups excluding carboxylic acids is 1. The Kier molecular flexibility index (Phi) is 1.84. The number of rotatable bonds is 1. The average Bonchev–Trinajstić information content (AvgIpc) is 2.41. The SMILES string of the molecule is CCC1(C)C(=O)Nc2cccc(F)c21. The van der Waals surface area contributed by atoms with Crippen molar-refractivity contribution in [2.45, 2.75) is 25.7 Å². The first kappa shape index (κ1) is 9.19. The lowest BCUT2D eigenvalue weighted by atomic mass is 9.81. The third-order valence-electron chi connectivity index (χ3n) is 3.02. The van der Waals surface area contributed by atoms with Crippen LogP contribution in [0.2, 0.25) is 0 Å². The molecule has 0 bridgehead atoms. The number of benzene rings is 1. The van der Waals surface area contributed by atoms with Gasteiger partial charge in [-0.3, -0.25) is 4.79 Å². The van der Waals surface area contributed by atoms with Gasteiger partial charge in [-0.25, -0.2) is 4.39 Å². The second kappa shape index (κ2) is 2.80. The molecule has 0 aliphatic carbocycles. The topological polar surface area (TPSA) is 29.1 Å². The van der Waals surface area contributed by atoms with Gasteiger partial charge in [-0.1, -0.05) is 13.0 Å². The highest BCUT2D eigenvalue weighted by Gasteiger charge is 2.43. The van der Waals surface area contributed by atoms with Gasteiger partial charge in [-0.05, 0) is 25.5 Å². The van der Waals surface area contributed by atoms with Gasteiger partial charge in [0.05, 0.1) is 5.41 Å². The lowest BCUT2D eigenvalue weighted by Gasteiger charge is -2.19. The van der Waals surface area contributed by atoms with E-state index in [9.17, 15) is 9.18 Å². The van der Waals surface area contributed by atoms with Crippen LogP contribution < -0.4 is 5.32 Å². The van der Waals surface area contributed by atoms with Gasteiger partial charge in [-0.2, -0.15) is 0 Å². The van der Waals surface area contributed by atoms with Crippen LogP contribution in [0.5, 0.6) is 0 Å². The Labute approximate surface area is 82.1 Å². The predicted octanol–water partition coefficient (Wildman–Crippen LogP) is 2.45. The number of anilines is 1. The molecular weight excluding hydrogens is 181 g/mol. The van der Waals surface area contributed by atoms with E-state index in [0.717, 1.165) is 0 Å². The molecule has 0 saturated heterocycles. The highest BCUT2D eigenvalue weighted by atomic mass is 19.1. The number of carbonyl (C=O) groups is 1. The molecule has 2 rings (SSSR count). The van der Waals surface area contributed by atoms with Crippen molar-refractivity contribution in [3.8, 4) is 0 Å². The van der Waals surface area contributed by atoms with Crippen LogP contribution in [-0.2, 0) is 10.2 Å². The van der Waals surface area contributed by atoms with E-state index in [1.807, 2.05) is 6.92 Å². The minimum Gasteiger partial charge on any atom is -0.325 e. The van der Waals surface area contributed by atoms with Crippen LogP contribution in [0.4, 0.5) is 10.1 Å². The van der Waals surface area contributed by atoms with Crippen LogP contribution in [-0.4, -0.2) is 5.91 Å². The van der Waals surface area contributed by atoms with E-state index in [0.29, 0.717) is 17.7 Å². The normalized spacial score (nSPS) is 24.6. The molecule has 1 amide bonds. The Balaban J connectivity index is 2.67. The summed E-state index contributed by atoms with van der Waals surface area (Å²) in [7, 11) is 0. The maximum Gasteiger partial charge on any atom is 0.234 e. The molecule has 1 heterocycles. The van der Waals surface area contributed by atoms with Gasteiger partial charge in [0.25, 0.3) is 0 Å². The predicted molar refractivity (Wildman–Crippen MR) is 52.7 cm³/mol. The largest absolute Gasteiger partial charge is 0.325 e. The zero-order valence-electron chi connectivity index (χ0n) is 8.23. The molecule has 1 N–H and O–H groups in total. The Bertz CT molecular complexity index is 402. The van der Waals surface area contributed by atoms with E-state index in [2.05, 4.69) is 5.32 Å². The third-order valence-corrected chi connectivity index (χ3v) is 3.02. The van der Waals surface area contributed by atoms with Crippen molar-refractivity contribution in [3.05, 3.63) is 29.6 Å². The van der Waals surface area contributed by atoms with Gasteiger partial charge in [0, 0.05) is 11.3 Å². The first-order chi connectivity index (χ1) is 6.59. The molecule has 3 heteroatoms. The molecule has 0 aromatic heterocycles. The van der Waals surface area contributed by atoms with Crippen molar-refractivity contribution in [1.29, 1.82) is 0 Å². The zero-order valence-corrected chi connectivity index (χ0v) is 8.23. The van der Waals surface area contributed by atoms with Crippen LogP contribution in [0.1, 0.15) is 25.8 Å². The molecule has 0 radical (unpaired) electrons. The standard InChI is InChI=1S/C11H12FNO/c1-3-11(2)9-7(12)5-4-6-8(9)13-10(11)14/h4-6H,3H2,1-2H3,(H,13,14). The van der Waals surface area contributed by atoms with Crippen molar-refractivity contribution in [1.82, 2.24) is 0 Å². The fraction of sp³-hybridized carbons (Fsp3) is 0.364. The van der Waals surface area contributed by atoms with Crippen LogP contribution in [0.25, 0.3) is 0 Å². The zero-order chi connectivity index (χ0) is 10.3. The van der Waals surface area contributed by atoms with Gasteiger partial charge in [0.2, 0.25) is 5.91 Å². The Hall–Kier alpha value is -1.38. The molecule has 1 aromatic rings. The van der Waals surface area contributed by atoms with Gasteiger partial charge in [0.1, 0.15) is 5.82 Å². The number of hydrogen-bond donors (Lipinski definition) is 1. The van der Waals surface area contributed by atoms with Gasteiger partial charge >= 0.3 is 0 Å². The van der Waals surface area contributed by atoms with Crippen molar-refractivity contribution < 1.29 is 9.18 Å². The van der Waals surface area contributed by atoms with E-state index < -0.39 is 5.41 Å². The van der Waals surface area contributed by atoms with Gasteiger partial charge in [0.15, 0.2) is 0 Å². The first-order valence-corrected chi connectivity index (χ1v) is 4.70. The van der Waals surface area contributed by atoms with E-state index in [1.54, 1.807) is 19.1 Å². The molecule has 0 saturated carbocycles. The fourth-order valence-corrected chi connectivity index (χ4v) is 1.90. The number of hydrogen-bond acceptors (Lipinski definition) is 1. The molecule has 0 fully saturated rings. The Morgan fingerprint density at radius 1 is 1.50 bits per heavy atom. The van der Waals surface area contributed by atoms with Gasteiger partial charge in [-0.15, -0.1) is 0 Å². The lowest BCUT2D eigenvalue weighted by Crippen LogP contribution is -2.30. The summed E-state index contributed by atoms with van der Waals surface area (Å²) < 4.78 is 13.6. The van der Waals surface area contributed by atoms with Crippen molar-refractivity contribution >= 4 is 11.6 Å². The lowest BCUT2D eigenvalue weighted by molar-refractivity contribution is -0.120. The fourth-order valence-electron chi connectivity index (χ4n) is 1.90. The number of nitrogens with one attached hydrogen (secondary N) is 1. The molecule has 74 valence electrons. The van der Waals surface area contributed by atoms with E-state index in [4.69, 9.17) is 0 Å². The molecule has 2 nitrogen and oxygen atoms in total.